The zero-order valence-electron chi connectivity index (χ0n) is 12.7. The van der Waals surface area contributed by atoms with Crippen molar-refractivity contribution in [2.24, 2.45) is 0 Å². The van der Waals surface area contributed by atoms with Crippen molar-refractivity contribution in [2.75, 3.05) is 11.9 Å². The molecular formula is C17H27NO. The van der Waals surface area contributed by atoms with Gasteiger partial charge in [-0.3, -0.25) is 0 Å². The molecular weight excluding hydrogens is 234 g/mol. The van der Waals surface area contributed by atoms with Gasteiger partial charge in [0.2, 0.25) is 0 Å². The molecule has 0 aliphatic carbocycles. The lowest BCUT2D eigenvalue weighted by Gasteiger charge is -2.38. The number of hydrogen-bond donors (Lipinski definition) is 1. The van der Waals surface area contributed by atoms with Gasteiger partial charge in [0.25, 0.3) is 0 Å². The largest absolute Gasteiger partial charge is 0.382 e. The minimum Gasteiger partial charge on any atom is -0.382 e. The molecule has 0 radical (unpaired) electrons. The predicted octanol–water partition coefficient (Wildman–Crippen LogP) is 4.57. The van der Waals surface area contributed by atoms with Crippen LogP contribution in [0.25, 0.3) is 0 Å². The van der Waals surface area contributed by atoms with Gasteiger partial charge in [0.1, 0.15) is 0 Å². The molecule has 1 fully saturated rings. The molecule has 2 nitrogen and oxygen atoms in total. The summed E-state index contributed by atoms with van der Waals surface area (Å²) < 4.78 is 5.92. The summed E-state index contributed by atoms with van der Waals surface area (Å²) in [6, 6.07) is 9.20. The zero-order chi connectivity index (χ0) is 13.9. The Morgan fingerprint density at radius 2 is 2.11 bits per heavy atom. The summed E-state index contributed by atoms with van der Waals surface area (Å²) in [7, 11) is 0. The smallest absolute Gasteiger partial charge is 0.0671 e. The van der Waals surface area contributed by atoms with E-state index in [-0.39, 0.29) is 5.60 Å². The highest BCUT2D eigenvalue weighted by Gasteiger charge is 2.31. The van der Waals surface area contributed by atoms with Gasteiger partial charge in [0.15, 0.2) is 0 Å². The van der Waals surface area contributed by atoms with Crippen LogP contribution >= 0.6 is 0 Å². The van der Waals surface area contributed by atoms with Gasteiger partial charge in [0, 0.05) is 18.3 Å². The topological polar surface area (TPSA) is 21.3 Å². The first kappa shape index (κ1) is 14.4. The van der Waals surface area contributed by atoms with Crippen molar-refractivity contribution in [3.63, 3.8) is 0 Å². The third-order valence-corrected chi connectivity index (χ3v) is 4.29. The molecule has 1 aliphatic heterocycles. The van der Waals surface area contributed by atoms with E-state index in [0.717, 1.165) is 25.9 Å². The molecule has 0 saturated carbocycles. The number of para-hydroxylation sites is 1. The highest BCUT2D eigenvalue weighted by atomic mass is 16.5. The summed E-state index contributed by atoms with van der Waals surface area (Å²) >= 11 is 0. The number of ether oxygens (including phenoxy) is 1. The minimum atomic E-state index is 0.0443. The maximum atomic E-state index is 5.92. The Morgan fingerprint density at radius 3 is 2.79 bits per heavy atom. The van der Waals surface area contributed by atoms with Crippen molar-refractivity contribution in [3.8, 4) is 0 Å². The molecule has 2 atom stereocenters. The van der Waals surface area contributed by atoms with E-state index in [1.807, 2.05) is 0 Å². The third-order valence-electron chi connectivity index (χ3n) is 4.29. The fraction of sp³-hybridized carbons (Fsp3) is 0.647. The molecule has 1 N–H and O–H groups in total. The molecule has 106 valence electrons. The summed E-state index contributed by atoms with van der Waals surface area (Å²) in [6.45, 7) is 9.81. The average molecular weight is 261 g/mol. The SMILES string of the molecule is CCC1(C)CC(Nc2ccccc2C(C)C)CCO1. The second-order valence-corrected chi connectivity index (χ2v) is 6.23. The number of hydrogen-bond acceptors (Lipinski definition) is 2. The summed E-state index contributed by atoms with van der Waals surface area (Å²) in [6.07, 6.45) is 3.27. The molecule has 0 bridgehead atoms. The molecule has 0 spiro atoms. The van der Waals surface area contributed by atoms with Crippen LogP contribution in [0.4, 0.5) is 5.69 Å². The Balaban J connectivity index is 2.09. The lowest BCUT2D eigenvalue weighted by molar-refractivity contribution is -0.0708. The van der Waals surface area contributed by atoms with Crippen LogP contribution in [-0.4, -0.2) is 18.2 Å². The van der Waals surface area contributed by atoms with E-state index in [2.05, 4.69) is 57.3 Å². The standard InChI is InChI=1S/C17H27NO/c1-5-17(4)12-14(10-11-19-17)18-16-9-7-6-8-15(16)13(2)3/h6-9,13-14,18H,5,10-12H2,1-4H3. The maximum Gasteiger partial charge on any atom is 0.0671 e. The molecule has 1 heterocycles. The molecule has 0 aromatic heterocycles. The minimum absolute atomic E-state index is 0.0443. The van der Waals surface area contributed by atoms with Crippen LogP contribution in [0.15, 0.2) is 24.3 Å². The van der Waals surface area contributed by atoms with Crippen molar-refractivity contribution in [1.82, 2.24) is 0 Å². The van der Waals surface area contributed by atoms with Gasteiger partial charge >= 0.3 is 0 Å². The summed E-state index contributed by atoms with van der Waals surface area (Å²) in [5, 5.41) is 3.74. The third kappa shape index (κ3) is 3.50. The van der Waals surface area contributed by atoms with Crippen molar-refractivity contribution in [2.45, 2.75) is 64.5 Å². The van der Waals surface area contributed by atoms with E-state index in [4.69, 9.17) is 4.74 Å². The number of rotatable bonds is 4. The monoisotopic (exact) mass is 261 g/mol. The molecule has 1 aliphatic rings. The first-order valence-electron chi connectivity index (χ1n) is 7.53. The second kappa shape index (κ2) is 5.96. The molecule has 2 unspecified atom stereocenters. The fourth-order valence-electron chi connectivity index (χ4n) is 2.85. The van der Waals surface area contributed by atoms with Crippen LogP contribution in [0, 0.1) is 0 Å². The van der Waals surface area contributed by atoms with Crippen LogP contribution in [-0.2, 0) is 4.74 Å². The Bertz CT molecular complexity index is 415. The van der Waals surface area contributed by atoms with Crippen molar-refractivity contribution in [1.29, 1.82) is 0 Å². The van der Waals surface area contributed by atoms with Gasteiger partial charge in [-0.25, -0.2) is 0 Å². The first-order valence-corrected chi connectivity index (χ1v) is 7.53. The Morgan fingerprint density at radius 1 is 1.37 bits per heavy atom. The normalized spacial score (nSPS) is 27.5. The van der Waals surface area contributed by atoms with E-state index in [1.165, 1.54) is 11.3 Å². The van der Waals surface area contributed by atoms with E-state index in [0.29, 0.717) is 12.0 Å². The van der Waals surface area contributed by atoms with Crippen LogP contribution in [0.1, 0.15) is 58.4 Å². The molecule has 2 rings (SSSR count). The van der Waals surface area contributed by atoms with Crippen molar-refractivity contribution in [3.05, 3.63) is 29.8 Å². The predicted molar refractivity (Wildman–Crippen MR) is 81.8 cm³/mol. The van der Waals surface area contributed by atoms with E-state index < -0.39 is 0 Å². The zero-order valence-corrected chi connectivity index (χ0v) is 12.7. The van der Waals surface area contributed by atoms with Crippen LogP contribution in [0.5, 0.6) is 0 Å². The number of anilines is 1. The Labute approximate surface area is 117 Å². The van der Waals surface area contributed by atoms with Gasteiger partial charge < -0.3 is 10.1 Å². The number of benzene rings is 1. The lowest BCUT2D eigenvalue weighted by Crippen LogP contribution is -2.42. The fourth-order valence-corrected chi connectivity index (χ4v) is 2.85. The van der Waals surface area contributed by atoms with E-state index in [1.54, 1.807) is 0 Å². The van der Waals surface area contributed by atoms with Crippen molar-refractivity contribution < 1.29 is 4.74 Å². The van der Waals surface area contributed by atoms with E-state index >= 15 is 0 Å². The second-order valence-electron chi connectivity index (χ2n) is 6.23. The molecule has 1 saturated heterocycles. The first-order chi connectivity index (χ1) is 9.04. The molecule has 1 aromatic carbocycles. The molecule has 0 amide bonds. The molecule has 1 aromatic rings. The molecule has 19 heavy (non-hydrogen) atoms. The molecule has 2 heteroatoms. The Hall–Kier alpha value is -1.02. The van der Waals surface area contributed by atoms with Crippen LogP contribution in [0.2, 0.25) is 0 Å². The highest BCUT2D eigenvalue weighted by molar-refractivity contribution is 5.53. The van der Waals surface area contributed by atoms with Gasteiger partial charge in [0.05, 0.1) is 5.60 Å². The maximum absolute atomic E-state index is 5.92. The van der Waals surface area contributed by atoms with Gasteiger partial charge in [-0.05, 0) is 43.7 Å². The quantitative estimate of drug-likeness (QED) is 0.857. The van der Waals surface area contributed by atoms with Crippen LogP contribution in [0.3, 0.4) is 0 Å². The summed E-state index contributed by atoms with van der Waals surface area (Å²) in [5.41, 5.74) is 2.75. The van der Waals surface area contributed by atoms with Crippen molar-refractivity contribution >= 4 is 5.69 Å². The summed E-state index contributed by atoms with van der Waals surface area (Å²) in [5.74, 6) is 0.557. The average Bonchev–Trinajstić information content (AvgIpc) is 2.39. The van der Waals surface area contributed by atoms with Gasteiger partial charge in [-0.15, -0.1) is 0 Å². The Kier molecular flexibility index (Phi) is 4.51. The highest BCUT2D eigenvalue weighted by Crippen LogP contribution is 2.31. The number of nitrogens with one attached hydrogen (secondary N) is 1. The van der Waals surface area contributed by atoms with Crippen LogP contribution < -0.4 is 5.32 Å². The van der Waals surface area contributed by atoms with Gasteiger partial charge in [-0.1, -0.05) is 39.0 Å². The lowest BCUT2D eigenvalue weighted by atomic mass is 9.89. The van der Waals surface area contributed by atoms with E-state index in [9.17, 15) is 0 Å². The summed E-state index contributed by atoms with van der Waals surface area (Å²) in [4.78, 5) is 0. The van der Waals surface area contributed by atoms with Gasteiger partial charge in [-0.2, -0.15) is 0 Å².